The van der Waals surface area contributed by atoms with E-state index in [-0.39, 0.29) is 12.6 Å². The van der Waals surface area contributed by atoms with E-state index >= 15 is 0 Å². The molecule has 0 bridgehead atoms. The molecule has 5 nitrogen and oxygen atoms in total. The van der Waals surface area contributed by atoms with Gasteiger partial charge in [0.15, 0.2) is 11.5 Å². The lowest BCUT2D eigenvalue weighted by Crippen LogP contribution is -2.38. The molecule has 0 saturated carbocycles. The Balaban J connectivity index is 2.49. The number of hydrogen-bond acceptors (Lipinski definition) is 5. The quantitative estimate of drug-likeness (QED) is 0.693. The van der Waals surface area contributed by atoms with Gasteiger partial charge >= 0.3 is 0 Å². The smallest absolute Gasteiger partial charge is 0.161 e. The molecule has 0 aromatic heterocycles. The first-order chi connectivity index (χ1) is 10.6. The van der Waals surface area contributed by atoms with Crippen molar-refractivity contribution in [3.63, 3.8) is 0 Å². The maximum atomic E-state index is 9.95. The van der Waals surface area contributed by atoms with Gasteiger partial charge in [0.2, 0.25) is 0 Å². The Morgan fingerprint density at radius 3 is 2.64 bits per heavy atom. The van der Waals surface area contributed by atoms with E-state index in [1.54, 1.807) is 14.2 Å². The Hall–Kier alpha value is -1.56. The second-order valence-corrected chi connectivity index (χ2v) is 5.14. The summed E-state index contributed by atoms with van der Waals surface area (Å²) in [5.41, 5.74) is 1.04. The molecule has 0 radical (unpaired) electrons. The number of rotatable bonds is 10. The van der Waals surface area contributed by atoms with Gasteiger partial charge in [-0.25, -0.2) is 0 Å². The maximum Gasteiger partial charge on any atom is 0.161 e. The summed E-state index contributed by atoms with van der Waals surface area (Å²) in [5.74, 6) is 1.28. The SMILES string of the molecule is C/C=C/c1ccc(OC[C@@H](O)CN[C@@H](C)COC)c(OC)c1. The Morgan fingerprint density at radius 2 is 2.00 bits per heavy atom. The molecule has 0 saturated heterocycles. The minimum absolute atomic E-state index is 0.189. The van der Waals surface area contributed by atoms with Gasteiger partial charge in [0.25, 0.3) is 0 Å². The molecule has 5 heteroatoms. The number of methoxy groups -OCH3 is 2. The van der Waals surface area contributed by atoms with Crippen molar-refractivity contribution in [1.29, 1.82) is 0 Å². The summed E-state index contributed by atoms with van der Waals surface area (Å²) in [6.07, 6.45) is 3.35. The van der Waals surface area contributed by atoms with Crippen LogP contribution in [0.3, 0.4) is 0 Å². The Bertz CT molecular complexity index is 462. The zero-order valence-corrected chi connectivity index (χ0v) is 13.8. The van der Waals surface area contributed by atoms with E-state index in [1.807, 2.05) is 44.2 Å². The molecule has 1 rings (SSSR count). The number of ether oxygens (including phenoxy) is 3. The molecule has 1 aromatic rings. The molecule has 2 atom stereocenters. The van der Waals surface area contributed by atoms with Crippen LogP contribution >= 0.6 is 0 Å². The Labute approximate surface area is 132 Å². The number of benzene rings is 1. The summed E-state index contributed by atoms with van der Waals surface area (Å²) in [7, 11) is 3.26. The van der Waals surface area contributed by atoms with Crippen molar-refractivity contribution >= 4 is 6.08 Å². The summed E-state index contributed by atoms with van der Waals surface area (Å²) in [4.78, 5) is 0. The second kappa shape index (κ2) is 10.2. The van der Waals surface area contributed by atoms with Crippen LogP contribution in [0.15, 0.2) is 24.3 Å². The lowest BCUT2D eigenvalue weighted by Gasteiger charge is -2.18. The highest BCUT2D eigenvalue weighted by molar-refractivity contribution is 5.55. The van der Waals surface area contributed by atoms with E-state index in [0.29, 0.717) is 24.7 Å². The third-order valence-corrected chi connectivity index (χ3v) is 3.10. The summed E-state index contributed by atoms with van der Waals surface area (Å²) >= 11 is 0. The van der Waals surface area contributed by atoms with Crippen LogP contribution in [0.2, 0.25) is 0 Å². The molecule has 0 fully saturated rings. The molecule has 0 aliphatic rings. The van der Waals surface area contributed by atoms with Crippen molar-refractivity contribution in [1.82, 2.24) is 5.32 Å². The number of aliphatic hydroxyl groups is 1. The molecule has 1 aromatic carbocycles. The van der Waals surface area contributed by atoms with Crippen molar-refractivity contribution in [3.05, 3.63) is 29.8 Å². The number of aliphatic hydroxyl groups excluding tert-OH is 1. The highest BCUT2D eigenvalue weighted by Crippen LogP contribution is 2.28. The lowest BCUT2D eigenvalue weighted by molar-refractivity contribution is 0.0959. The highest BCUT2D eigenvalue weighted by atomic mass is 16.5. The first kappa shape index (κ1) is 18.5. The number of nitrogens with one attached hydrogen (secondary N) is 1. The average molecular weight is 309 g/mol. The molecular weight excluding hydrogens is 282 g/mol. The van der Waals surface area contributed by atoms with E-state index in [1.165, 1.54) is 0 Å². The summed E-state index contributed by atoms with van der Waals surface area (Å²) in [6.45, 7) is 5.22. The van der Waals surface area contributed by atoms with Gasteiger partial charge in [-0.2, -0.15) is 0 Å². The first-order valence-corrected chi connectivity index (χ1v) is 7.44. The molecule has 0 aliphatic heterocycles. The van der Waals surface area contributed by atoms with Crippen LogP contribution in [0.1, 0.15) is 19.4 Å². The van der Waals surface area contributed by atoms with Crippen LogP contribution in [-0.2, 0) is 4.74 Å². The van der Waals surface area contributed by atoms with Crippen LogP contribution in [0.5, 0.6) is 11.5 Å². The van der Waals surface area contributed by atoms with Crippen molar-refractivity contribution in [2.24, 2.45) is 0 Å². The monoisotopic (exact) mass is 309 g/mol. The molecule has 0 amide bonds. The van der Waals surface area contributed by atoms with Crippen molar-refractivity contribution in [2.75, 3.05) is 34.0 Å². The van der Waals surface area contributed by atoms with Crippen molar-refractivity contribution < 1.29 is 19.3 Å². The summed E-state index contributed by atoms with van der Waals surface area (Å²) < 4.78 is 16.0. The second-order valence-electron chi connectivity index (χ2n) is 5.14. The standard InChI is InChI=1S/C17H27NO4/c1-5-6-14-7-8-16(17(9-14)21-4)22-12-15(19)10-18-13(2)11-20-3/h5-9,13,15,18-19H,10-12H2,1-4H3/b6-5+/t13-,15-/m0/s1. The molecule has 0 spiro atoms. The summed E-state index contributed by atoms with van der Waals surface area (Å²) in [5, 5.41) is 13.1. The average Bonchev–Trinajstić information content (AvgIpc) is 2.52. The van der Waals surface area contributed by atoms with Gasteiger partial charge in [-0.05, 0) is 31.5 Å². The number of hydrogen-bond donors (Lipinski definition) is 2. The van der Waals surface area contributed by atoms with Crippen LogP contribution in [0, 0.1) is 0 Å². The minimum Gasteiger partial charge on any atom is -0.493 e. The molecule has 0 unspecified atom stereocenters. The largest absolute Gasteiger partial charge is 0.493 e. The van der Waals surface area contributed by atoms with E-state index in [4.69, 9.17) is 14.2 Å². The van der Waals surface area contributed by atoms with E-state index < -0.39 is 6.10 Å². The van der Waals surface area contributed by atoms with Crippen molar-refractivity contribution in [3.8, 4) is 11.5 Å². The van der Waals surface area contributed by atoms with Gasteiger partial charge in [0.05, 0.1) is 13.7 Å². The fourth-order valence-electron chi connectivity index (χ4n) is 1.99. The Kier molecular flexibility index (Phi) is 8.58. The molecule has 2 N–H and O–H groups in total. The normalized spacial score (nSPS) is 14.0. The van der Waals surface area contributed by atoms with Gasteiger partial charge in [-0.3, -0.25) is 0 Å². The minimum atomic E-state index is -0.598. The fraction of sp³-hybridized carbons (Fsp3) is 0.529. The van der Waals surface area contributed by atoms with Gasteiger partial charge in [-0.1, -0.05) is 18.2 Å². The van der Waals surface area contributed by atoms with Gasteiger partial charge in [-0.15, -0.1) is 0 Å². The maximum absolute atomic E-state index is 9.95. The molecule has 124 valence electrons. The molecule has 0 aliphatic carbocycles. The van der Waals surface area contributed by atoms with E-state index in [9.17, 15) is 5.11 Å². The third-order valence-electron chi connectivity index (χ3n) is 3.10. The first-order valence-electron chi connectivity index (χ1n) is 7.44. The summed E-state index contributed by atoms with van der Waals surface area (Å²) in [6, 6.07) is 5.89. The van der Waals surface area contributed by atoms with Crippen LogP contribution in [0.4, 0.5) is 0 Å². The third kappa shape index (κ3) is 6.47. The van der Waals surface area contributed by atoms with Crippen LogP contribution in [-0.4, -0.2) is 51.2 Å². The molecule has 22 heavy (non-hydrogen) atoms. The van der Waals surface area contributed by atoms with Gasteiger partial charge < -0.3 is 24.6 Å². The lowest BCUT2D eigenvalue weighted by atomic mass is 10.2. The van der Waals surface area contributed by atoms with Gasteiger partial charge in [0, 0.05) is 19.7 Å². The van der Waals surface area contributed by atoms with Crippen LogP contribution in [0.25, 0.3) is 6.08 Å². The van der Waals surface area contributed by atoms with E-state index in [0.717, 1.165) is 5.56 Å². The fourth-order valence-corrected chi connectivity index (χ4v) is 1.99. The zero-order valence-electron chi connectivity index (χ0n) is 13.8. The Morgan fingerprint density at radius 1 is 1.23 bits per heavy atom. The topological polar surface area (TPSA) is 60.0 Å². The molecular formula is C17H27NO4. The zero-order chi connectivity index (χ0) is 16.4. The van der Waals surface area contributed by atoms with Crippen LogP contribution < -0.4 is 14.8 Å². The van der Waals surface area contributed by atoms with E-state index in [2.05, 4.69) is 5.32 Å². The highest BCUT2D eigenvalue weighted by Gasteiger charge is 2.10. The predicted octanol–water partition coefficient (Wildman–Crippen LogP) is 2.09. The molecule has 0 heterocycles. The van der Waals surface area contributed by atoms with Gasteiger partial charge in [0.1, 0.15) is 12.7 Å². The predicted molar refractivity (Wildman–Crippen MR) is 88.5 cm³/mol. The van der Waals surface area contributed by atoms with Crippen molar-refractivity contribution in [2.45, 2.75) is 26.0 Å². The number of allylic oxidation sites excluding steroid dienone is 1.